The van der Waals surface area contributed by atoms with Crippen molar-refractivity contribution in [3.8, 4) is 0 Å². The third kappa shape index (κ3) is 2.22. The monoisotopic (exact) mass is 235 g/mol. The van der Waals surface area contributed by atoms with Crippen LogP contribution in [0.3, 0.4) is 0 Å². The van der Waals surface area contributed by atoms with Crippen molar-refractivity contribution in [1.82, 2.24) is 4.57 Å². The summed E-state index contributed by atoms with van der Waals surface area (Å²) in [4.78, 5) is 11.4. The maximum absolute atomic E-state index is 11.4. The van der Waals surface area contributed by atoms with Crippen molar-refractivity contribution < 1.29 is 4.79 Å². The number of hydrogen-bond acceptors (Lipinski definition) is 2. The normalized spacial score (nSPS) is 20.1. The number of carbonyl (C=O) groups excluding carboxylic acids is 1. The molecule has 4 nitrogen and oxygen atoms in total. The summed E-state index contributed by atoms with van der Waals surface area (Å²) in [5.74, 6) is -0.264. The molecular formula is C13H21N3O. The van der Waals surface area contributed by atoms with E-state index in [2.05, 4.69) is 10.6 Å². The number of amides is 1. The largest absolute Gasteiger partial charge is 0.369 e. The molecule has 94 valence electrons. The molecule has 1 aromatic rings. The maximum atomic E-state index is 11.4. The van der Waals surface area contributed by atoms with Crippen molar-refractivity contribution in [3.63, 3.8) is 0 Å². The average molecular weight is 235 g/mol. The summed E-state index contributed by atoms with van der Waals surface area (Å²) in [6.45, 7) is 4.39. The highest BCUT2D eigenvalue weighted by Gasteiger charge is 2.28. The molecule has 2 rings (SSSR count). The van der Waals surface area contributed by atoms with Gasteiger partial charge in [-0.05, 0) is 44.7 Å². The van der Waals surface area contributed by atoms with Crippen molar-refractivity contribution in [3.05, 3.63) is 23.5 Å². The van der Waals surface area contributed by atoms with Gasteiger partial charge in [-0.2, -0.15) is 0 Å². The fourth-order valence-electron chi connectivity index (χ4n) is 2.44. The second-order valence-corrected chi connectivity index (χ2v) is 5.59. The molecule has 1 aliphatic rings. The number of rotatable bonds is 3. The van der Waals surface area contributed by atoms with E-state index in [1.54, 1.807) is 0 Å². The molecule has 0 saturated carbocycles. The first kappa shape index (κ1) is 12.2. The molecule has 1 aromatic heterocycles. The number of nitrogens with zero attached hydrogens (tertiary/aromatic N) is 1. The van der Waals surface area contributed by atoms with Gasteiger partial charge in [0.15, 0.2) is 0 Å². The molecular weight excluding hydrogens is 214 g/mol. The summed E-state index contributed by atoms with van der Waals surface area (Å²) in [6, 6.07) is 2.23. The van der Waals surface area contributed by atoms with Crippen LogP contribution in [0.15, 0.2) is 12.3 Å². The molecule has 0 saturated heterocycles. The molecule has 1 heterocycles. The van der Waals surface area contributed by atoms with Crippen LogP contribution in [0.4, 0.5) is 0 Å². The Bertz CT molecular complexity index is 434. The standard InChI is InChI=1S/C13H21N3O/c1-13(2,12(15)17)8-16-7-6-9-10(14)4-3-5-11(9)16/h6-7,10H,3-5,8,14H2,1-2H3,(H2,15,17). The summed E-state index contributed by atoms with van der Waals surface area (Å²) in [5.41, 5.74) is 13.5. The zero-order chi connectivity index (χ0) is 12.6. The molecule has 0 aliphatic heterocycles. The van der Waals surface area contributed by atoms with Crippen LogP contribution in [-0.2, 0) is 17.8 Å². The lowest BCUT2D eigenvalue weighted by Crippen LogP contribution is -2.35. The Morgan fingerprint density at radius 3 is 2.94 bits per heavy atom. The zero-order valence-corrected chi connectivity index (χ0v) is 10.6. The topological polar surface area (TPSA) is 74.0 Å². The summed E-state index contributed by atoms with van der Waals surface area (Å²) in [6.07, 6.45) is 5.25. The van der Waals surface area contributed by atoms with Crippen LogP contribution < -0.4 is 11.5 Å². The predicted molar refractivity (Wildman–Crippen MR) is 67.3 cm³/mol. The van der Waals surface area contributed by atoms with Crippen LogP contribution in [0, 0.1) is 5.41 Å². The van der Waals surface area contributed by atoms with Gasteiger partial charge >= 0.3 is 0 Å². The molecule has 0 radical (unpaired) electrons. The molecule has 0 fully saturated rings. The van der Waals surface area contributed by atoms with Crippen molar-refractivity contribution in [2.75, 3.05) is 0 Å². The van der Waals surface area contributed by atoms with Gasteiger partial charge in [0.2, 0.25) is 5.91 Å². The SMILES string of the molecule is CC(C)(Cn1ccc2c1CCCC2N)C(N)=O. The highest BCUT2D eigenvalue weighted by Crippen LogP contribution is 2.30. The van der Waals surface area contributed by atoms with E-state index in [1.165, 1.54) is 11.3 Å². The number of fused-ring (bicyclic) bond motifs is 1. The Labute approximate surface area is 102 Å². The Hall–Kier alpha value is -1.29. The van der Waals surface area contributed by atoms with Gasteiger partial charge in [-0.15, -0.1) is 0 Å². The molecule has 4 N–H and O–H groups in total. The molecule has 17 heavy (non-hydrogen) atoms. The van der Waals surface area contributed by atoms with Crippen LogP contribution in [-0.4, -0.2) is 10.5 Å². The van der Waals surface area contributed by atoms with Gasteiger partial charge in [0, 0.05) is 24.5 Å². The van der Waals surface area contributed by atoms with Crippen LogP contribution in [0.25, 0.3) is 0 Å². The van der Waals surface area contributed by atoms with E-state index in [0.717, 1.165) is 19.3 Å². The summed E-state index contributed by atoms with van der Waals surface area (Å²) in [5, 5.41) is 0. The van der Waals surface area contributed by atoms with Gasteiger partial charge in [-0.25, -0.2) is 0 Å². The minimum Gasteiger partial charge on any atom is -0.369 e. The highest BCUT2D eigenvalue weighted by molar-refractivity contribution is 5.79. The fraction of sp³-hybridized carbons (Fsp3) is 0.615. The van der Waals surface area contributed by atoms with Gasteiger partial charge in [0.05, 0.1) is 5.41 Å². The zero-order valence-electron chi connectivity index (χ0n) is 10.6. The molecule has 4 heteroatoms. The Kier molecular flexibility index (Phi) is 3.00. The third-order valence-corrected chi connectivity index (χ3v) is 3.67. The lowest BCUT2D eigenvalue weighted by atomic mass is 9.91. The minimum absolute atomic E-state index is 0.150. The average Bonchev–Trinajstić information content (AvgIpc) is 2.62. The summed E-state index contributed by atoms with van der Waals surface area (Å²) >= 11 is 0. The predicted octanol–water partition coefficient (Wildman–Crippen LogP) is 1.34. The molecule has 1 amide bonds. The first-order valence-electron chi connectivity index (χ1n) is 6.15. The summed E-state index contributed by atoms with van der Waals surface area (Å²) in [7, 11) is 0. The van der Waals surface area contributed by atoms with E-state index in [1.807, 2.05) is 20.0 Å². The molecule has 0 aromatic carbocycles. The van der Waals surface area contributed by atoms with E-state index >= 15 is 0 Å². The fourth-order valence-corrected chi connectivity index (χ4v) is 2.44. The number of nitrogens with two attached hydrogens (primary N) is 2. The van der Waals surface area contributed by atoms with Crippen LogP contribution in [0.2, 0.25) is 0 Å². The Morgan fingerprint density at radius 1 is 1.59 bits per heavy atom. The van der Waals surface area contributed by atoms with Crippen molar-refractivity contribution in [1.29, 1.82) is 0 Å². The van der Waals surface area contributed by atoms with Gasteiger partial charge in [-0.3, -0.25) is 4.79 Å². The Morgan fingerprint density at radius 2 is 2.29 bits per heavy atom. The van der Waals surface area contributed by atoms with Crippen LogP contribution >= 0.6 is 0 Å². The molecule has 0 bridgehead atoms. The maximum Gasteiger partial charge on any atom is 0.224 e. The first-order valence-corrected chi connectivity index (χ1v) is 6.15. The lowest BCUT2D eigenvalue weighted by Gasteiger charge is -2.25. The van der Waals surface area contributed by atoms with Gasteiger partial charge in [-0.1, -0.05) is 0 Å². The van der Waals surface area contributed by atoms with Crippen LogP contribution in [0.5, 0.6) is 0 Å². The van der Waals surface area contributed by atoms with Crippen molar-refractivity contribution >= 4 is 5.91 Å². The second-order valence-electron chi connectivity index (χ2n) is 5.59. The van der Waals surface area contributed by atoms with Gasteiger partial charge in [0.25, 0.3) is 0 Å². The number of aromatic nitrogens is 1. The third-order valence-electron chi connectivity index (χ3n) is 3.67. The van der Waals surface area contributed by atoms with Crippen LogP contribution in [0.1, 0.15) is 44.0 Å². The summed E-state index contributed by atoms with van der Waals surface area (Å²) < 4.78 is 2.14. The molecule has 1 aliphatic carbocycles. The number of carbonyl (C=O) groups is 1. The van der Waals surface area contributed by atoms with Crippen molar-refractivity contribution in [2.45, 2.75) is 45.7 Å². The quantitative estimate of drug-likeness (QED) is 0.829. The first-order chi connectivity index (χ1) is 7.92. The van der Waals surface area contributed by atoms with E-state index in [9.17, 15) is 4.79 Å². The molecule has 1 unspecified atom stereocenters. The number of primary amides is 1. The van der Waals surface area contributed by atoms with E-state index in [0.29, 0.717) is 6.54 Å². The van der Waals surface area contributed by atoms with E-state index in [4.69, 9.17) is 11.5 Å². The van der Waals surface area contributed by atoms with Gasteiger partial charge < -0.3 is 16.0 Å². The van der Waals surface area contributed by atoms with E-state index in [-0.39, 0.29) is 11.9 Å². The number of hydrogen-bond donors (Lipinski definition) is 2. The van der Waals surface area contributed by atoms with E-state index < -0.39 is 5.41 Å². The minimum atomic E-state index is -0.520. The molecule has 0 spiro atoms. The van der Waals surface area contributed by atoms with Crippen molar-refractivity contribution in [2.24, 2.45) is 16.9 Å². The lowest BCUT2D eigenvalue weighted by molar-refractivity contribution is -0.126. The smallest absolute Gasteiger partial charge is 0.224 e. The molecule has 1 atom stereocenters. The Balaban J connectivity index is 2.26. The highest BCUT2D eigenvalue weighted by atomic mass is 16.1. The second kappa shape index (κ2) is 4.18. The van der Waals surface area contributed by atoms with Gasteiger partial charge in [0.1, 0.15) is 0 Å².